The van der Waals surface area contributed by atoms with Gasteiger partial charge in [-0.25, -0.2) is 9.37 Å². The molecule has 2 rings (SSSR count). The molecule has 0 fully saturated rings. The van der Waals surface area contributed by atoms with Crippen molar-refractivity contribution in [3.05, 3.63) is 48.3 Å². The van der Waals surface area contributed by atoms with Crippen molar-refractivity contribution in [3.8, 4) is 18.0 Å². The van der Waals surface area contributed by atoms with Crippen LogP contribution in [0.2, 0.25) is 0 Å². The van der Waals surface area contributed by atoms with Crippen molar-refractivity contribution >= 4 is 0 Å². The van der Waals surface area contributed by atoms with Crippen LogP contribution in [0.1, 0.15) is 5.56 Å². The molecule has 1 heterocycles. The van der Waals surface area contributed by atoms with Gasteiger partial charge >= 0.3 is 0 Å². The van der Waals surface area contributed by atoms with Crippen molar-refractivity contribution in [2.75, 3.05) is 0 Å². The van der Waals surface area contributed by atoms with E-state index in [2.05, 4.69) is 10.9 Å². The summed E-state index contributed by atoms with van der Waals surface area (Å²) in [5.74, 6) is 2.03. The molecule has 3 heteroatoms. The Morgan fingerprint density at radius 1 is 1.43 bits per heavy atom. The second-order valence-electron chi connectivity index (χ2n) is 2.78. The van der Waals surface area contributed by atoms with Gasteiger partial charge in [0.05, 0.1) is 12.0 Å². The molecule has 2 nitrogen and oxygen atoms in total. The van der Waals surface area contributed by atoms with Gasteiger partial charge in [0.25, 0.3) is 0 Å². The highest BCUT2D eigenvalue weighted by molar-refractivity contribution is 5.41. The molecule has 0 aliphatic heterocycles. The first-order chi connectivity index (χ1) is 6.81. The third-order valence-corrected chi connectivity index (χ3v) is 1.90. The third-order valence-electron chi connectivity index (χ3n) is 1.90. The molecule has 2 aromatic rings. The smallest absolute Gasteiger partial charge is 0.148 e. The second-order valence-corrected chi connectivity index (χ2v) is 2.78. The molecule has 0 atom stereocenters. The lowest BCUT2D eigenvalue weighted by atomic mass is 10.2. The van der Waals surface area contributed by atoms with E-state index in [9.17, 15) is 4.39 Å². The fourth-order valence-electron chi connectivity index (χ4n) is 1.21. The van der Waals surface area contributed by atoms with Crippen LogP contribution in [0.15, 0.2) is 36.9 Å². The summed E-state index contributed by atoms with van der Waals surface area (Å²) in [5.41, 5.74) is 0.980. The number of hydrogen-bond donors (Lipinski definition) is 0. The quantitative estimate of drug-likeness (QED) is 0.623. The molecular formula is C11H7FN2. The Morgan fingerprint density at radius 3 is 2.86 bits per heavy atom. The van der Waals surface area contributed by atoms with E-state index in [0.29, 0.717) is 11.3 Å². The fourth-order valence-corrected chi connectivity index (χ4v) is 1.21. The van der Waals surface area contributed by atoms with E-state index in [-0.39, 0.29) is 5.82 Å². The van der Waals surface area contributed by atoms with E-state index < -0.39 is 0 Å². The maximum Gasteiger partial charge on any atom is 0.148 e. The van der Waals surface area contributed by atoms with Crippen LogP contribution in [0, 0.1) is 18.2 Å². The number of imidazole rings is 1. The molecule has 0 saturated carbocycles. The highest BCUT2D eigenvalue weighted by atomic mass is 19.1. The lowest BCUT2D eigenvalue weighted by Crippen LogP contribution is -1.94. The van der Waals surface area contributed by atoms with E-state index in [4.69, 9.17) is 6.42 Å². The average Bonchev–Trinajstić information content (AvgIpc) is 2.70. The SMILES string of the molecule is C#Cc1ccc(-n2ccnc2)c(F)c1. The topological polar surface area (TPSA) is 17.8 Å². The van der Waals surface area contributed by atoms with Crippen LogP contribution in [-0.2, 0) is 0 Å². The Balaban J connectivity index is 2.52. The monoisotopic (exact) mass is 186 g/mol. The van der Waals surface area contributed by atoms with Crippen molar-refractivity contribution in [3.63, 3.8) is 0 Å². The number of benzene rings is 1. The highest BCUT2D eigenvalue weighted by Gasteiger charge is 2.03. The zero-order valence-corrected chi connectivity index (χ0v) is 7.31. The molecule has 1 aromatic carbocycles. The predicted octanol–water partition coefficient (Wildman–Crippen LogP) is 1.99. The van der Waals surface area contributed by atoms with Crippen molar-refractivity contribution in [2.45, 2.75) is 0 Å². The molecular weight excluding hydrogens is 179 g/mol. The number of rotatable bonds is 1. The standard InChI is InChI=1S/C11H7FN2/c1-2-9-3-4-11(10(12)7-9)14-6-5-13-8-14/h1,3-8H. The van der Waals surface area contributed by atoms with Crippen LogP contribution < -0.4 is 0 Å². The van der Waals surface area contributed by atoms with Gasteiger partial charge in [-0.2, -0.15) is 0 Å². The van der Waals surface area contributed by atoms with Crippen LogP contribution in [0.25, 0.3) is 5.69 Å². The molecule has 68 valence electrons. The summed E-state index contributed by atoms with van der Waals surface area (Å²) >= 11 is 0. The summed E-state index contributed by atoms with van der Waals surface area (Å²) in [5, 5.41) is 0. The molecule has 0 saturated heterocycles. The first-order valence-electron chi connectivity index (χ1n) is 4.06. The van der Waals surface area contributed by atoms with Crippen molar-refractivity contribution in [1.82, 2.24) is 9.55 Å². The molecule has 0 aliphatic rings. The normalized spacial score (nSPS) is 9.71. The summed E-state index contributed by atoms with van der Waals surface area (Å²) in [4.78, 5) is 3.84. The van der Waals surface area contributed by atoms with Crippen LogP contribution in [-0.4, -0.2) is 9.55 Å². The third kappa shape index (κ3) is 1.38. The zero-order valence-electron chi connectivity index (χ0n) is 7.31. The number of halogens is 1. The Labute approximate surface area is 81.0 Å². The number of terminal acetylenes is 1. The van der Waals surface area contributed by atoms with Gasteiger partial charge in [-0.05, 0) is 18.2 Å². The minimum Gasteiger partial charge on any atom is -0.303 e. The highest BCUT2D eigenvalue weighted by Crippen LogP contribution is 2.14. The first-order valence-corrected chi connectivity index (χ1v) is 4.06. The molecule has 0 N–H and O–H groups in total. The maximum absolute atomic E-state index is 13.5. The van der Waals surface area contributed by atoms with Gasteiger partial charge in [0.2, 0.25) is 0 Å². The van der Waals surface area contributed by atoms with E-state index in [0.717, 1.165) is 0 Å². The molecule has 14 heavy (non-hydrogen) atoms. The largest absolute Gasteiger partial charge is 0.303 e. The minimum absolute atomic E-state index is 0.349. The number of nitrogens with zero attached hydrogens (tertiary/aromatic N) is 2. The average molecular weight is 186 g/mol. The number of aromatic nitrogens is 2. The van der Waals surface area contributed by atoms with Gasteiger partial charge in [0, 0.05) is 18.0 Å². The molecule has 0 unspecified atom stereocenters. The predicted molar refractivity (Wildman–Crippen MR) is 51.5 cm³/mol. The van der Waals surface area contributed by atoms with E-state index in [1.165, 1.54) is 12.4 Å². The summed E-state index contributed by atoms with van der Waals surface area (Å²) in [6.07, 6.45) is 9.95. The van der Waals surface area contributed by atoms with Gasteiger partial charge in [-0.3, -0.25) is 0 Å². The summed E-state index contributed by atoms with van der Waals surface area (Å²) in [7, 11) is 0. The Hall–Kier alpha value is -2.08. The molecule has 0 bridgehead atoms. The Morgan fingerprint density at radius 2 is 2.29 bits per heavy atom. The van der Waals surface area contributed by atoms with Crippen molar-refractivity contribution in [2.24, 2.45) is 0 Å². The number of hydrogen-bond acceptors (Lipinski definition) is 1. The van der Waals surface area contributed by atoms with Gasteiger partial charge in [-0.1, -0.05) is 5.92 Å². The fraction of sp³-hybridized carbons (Fsp3) is 0. The Bertz CT molecular complexity index is 480. The van der Waals surface area contributed by atoms with Gasteiger partial charge in [-0.15, -0.1) is 6.42 Å². The van der Waals surface area contributed by atoms with Gasteiger partial charge in [0.1, 0.15) is 5.82 Å². The van der Waals surface area contributed by atoms with E-state index in [1.807, 2.05) is 0 Å². The summed E-state index contributed by atoms with van der Waals surface area (Å²) < 4.78 is 15.0. The van der Waals surface area contributed by atoms with Crippen LogP contribution >= 0.6 is 0 Å². The lowest BCUT2D eigenvalue weighted by molar-refractivity contribution is 0.617. The van der Waals surface area contributed by atoms with Crippen LogP contribution in [0.4, 0.5) is 4.39 Å². The first kappa shape index (κ1) is 8.52. The molecule has 1 aromatic heterocycles. The molecule has 0 spiro atoms. The van der Waals surface area contributed by atoms with E-state index >= 15 is 0 Å². The summed E-state index contributed by atoms with van der Waals surface area (Å²) in [6, 6.07) is 4.65. The van der Waals surface area contributed by atoms with E-state index in [1.54, 1.807) is 29.1 Å². The summed E-state index contributed by atoms with van der Waals surface area (Å²) in [6.45, 7) is 0. The minimum atomic E-state index is -0.349. The second kappa shape index (κ2) is 3.35. The molecule has 0 radical (unpaired) electrons. The van der Waals surface area contributed by atoms with Gasteiger partial charge in [0.15, 0.2) is 0 Å². The van der Waals surface area contributed by atoms with Crippen molar-refractivity contribution < 1.29 is 4.39 Å². The van der Waals surface area contributed by atoms with Crippen molar-refractivity contribution in [1.29, 1.82) is 0 Å². The zero-order chi connectivity index (χ0) is 9.97. The van der Waals surface area contributed by atoms with Gasteiger partial charge < -0.3 is 4.57 Å². The maximum atomic E-state index is 13.5. The Kier molecular flexibility index (Phi) is 2.04. The molecule has 0 aliphatic carbocycles. The van der Waals surface area contributed by atoms with Crippen LogP contribution in [0.3, 0.4) is 0 Å². The molecule has 0 amide bonds. The van der Waals surface area contributed by atoms with Crippen LogP contribution in [0.5, 0.6) is 0 Å². The lowest BCUT2D eigenvalue weighted by Gasteiger charge is -2.03.